The van der Waals surface area contributed by atoms with Crippen LogP contribution in [0.25, 0.3) is 0 Å². The van der Waals surface area contributed by atoms with E-state index in [0.29, 0.717) is 24.9 Å². The quantitative estimate of drug-likeness (QED) is 0.756. The van der Waals surface area contributed by atoms with Gasteiger partial charge in [0.25, 0.3) is 5.91 Å². The van der Waals surface area contributed by atoms with Crippen molar-refractivity contribution in [1.82, 2.24) is 15.2 Å². The molecule has 1 aromatic heterocycles. The molecule has 1 aliphatic heterocycles. The highest BCUT2D eigenvalue weighted by Gasteiger charge is 2.24. The van der Waals surface area contributed by atoms with Gasteiger partial charge in [0.15, 0.2) is 0 Å². The molecule has 6 heteroatoms. The van der Waals surface area contributed by atoms with E-state index in [1.54, 1.807) is 11.9 Å². The molecule has 6 nitrogen and oxygen atoms in total. The number of carbonyl (C=O) groups is 2. The van der Waals surface area contributed by atoms with Crippen molar-refractivity contribution in [2.24, 2.45) is 0 Å². The van der Waals surface area contributed by atoms with E-state index in [0.717, 1.165) is 0 Å². The first-order valence-corrected chi connectivity index (χ1v) is 5.80. The van der Waals surface area contributed by atoms with Crippen molar-refractivity contribution < 1.29 is 9.59 Å². The van der Waals surface area contributed by atoms with Crippen LogP contribution in [-0.2, 0) is 4.79 Å². The highest BCUT2D eigenvalue weighted by atomic mass is 16.2. The lowest BCUT2D eigenvalue weighted by atomic mass is 10.1. The molecule has 1 unspecified atom stereocenters. The van der Waals surface area contributed by atoms with Crippen LogP contribution in [0, 0.1) is 0 Å². The van der Waals surface area contributed by atoms with Crippen LogP contribution in [0.4, 0.5) is 0 Å². The van der Waals surface area contributed by atoms with Crippen LogP contribution in [0.15, 0.2) is 23.1 Å². The Kier molecular flexibility index (Phi) is 3.45. The molecule has 1 aliphatic rings. The maximum absolute atomic E-state index is 11.9. The van der Waals surface area contributed by atoms with E-state index in [4.69, 9.17) is 0 Å². The Bertz CT molecular complexity index is 503. The molecule has 18 heavy (non-hydrogen) atoms. The van der Waals surface area contributed by atoms with Crippen LogP contribution in [0.1, 0.15) is 23.2 Å². The first kappa shape index (κ1) is 12.3. The summed E-state index contributed by atoms with van der Waals surface area (Å²) in [5, 5.41) is 2.85. The number of hydrogen-bond acceptors (Lipinski definition) is 3. The molecule has 1 fully saturated rings. The molecule has 0 aromatic carbocycles. The minimum absolute atomic E-state index is 0.0351. The molecule has 96 valence electrons. The molecular weight excluding hydrogens is 234 g/mol. The third-order valence-corrected chi connectivity index (χ3v) is 3.01. The summed E-state index contributed by atoms with van der Waals surface area (Å²) >= 11 is 0. The molecule has 2 heterocycles. The van der Waals surface area contributed by atoms with Gasteiger partial charge < -0.3 is 15.2 Å². The van der Waals surface area contributed by atoms with Crippen molar-refractivity contribution in [3.05, 3.63) is 34.2 Å². The van der Waals surface area contributed by atoms with E-state index < -0.39 is 0 Å². The van der Waals surface area contributed by atoms with Crippen LogP contribution in [0.3, 0.4) is 0 Å². The van der Waals surface area contributed by atoms with E-state index in [1.807, 2.05) is 0 Å². The Labute approximate surface area is 104 Å². The normalized spacial score (nSPS) is 19.7. The van der Waals surface area contributed by atoms with Crippen LogP contribution < -0.4 is 10.9 Å². The Balaban J connectivity index is 1.97. The number of carbonyl (C=O) groups excluding carboxylic acids is 2. The average Bonchev–Trinajstić information content (AvgIpc) is 2.34. The van der Waals surface area contributed by atoms with E-state index >= 15 is 0 Å². The van der Waals surface area contributed by atoms with Crippen molar-refractivity contribution in [2.45, 2.75) is 18.9 Å². The Morgan fingerprint density at radius 3 is 2.83 bits per heavy atom. The van der Waals surface area contributed by atoms with Crippen molar-refractivity contribution >= 4 is 11.8 Å². The second-order valence-corrected chi connectivity index (χ2v) is 4.42. The highest BCUT2D eigenvalue weighted by Crippen LogP contribution is 2.10. The SMILES string of the molecule is CN1CC(NC(=O)c2ccc(=O)[nH]c2)CCC1=O. The van der Waals surface area contributed by atoms with Crippen LogP contribution >= 0.6 is 0 Å². The lowest BCUT2D eigenvalue weighted by Crippen LogP contribution is -2.48. The number of likely N-dealkylation sites (N-methyl/N-ethyl adjacent to an activating group) is 1. The van der Waals surface area contributed by atoms with Gasteiger partial charge in [-0.2, -0.15) is 0 Å². The fourth-order valence-corrected chi connectivity index (χ4v) is 1.95. The van der Waals surface area contributed by atoms with Crippen molar-refractivity contribution in [2.75, 3.05) is 13.6 Å². The predicted molar refractivity (Wildman–Crippen MR) is 65.2 cm³/mol. The van der Waals surface area contributed by atoms with Gasteiger partial charge in [0.1, 0.15) is 0 Å². The average molecular weight is 249 g/mol. The number of aromatic amines is 1. The zero-order valence-corrected chi connectivity index (χ0v) is 10.1. The third-order valence-electron chi connectivity index (χ3n) is 3.01. The molecule has 2 rings (SSSR count). The Hall–Kier alpha value is -2.11. The van der Waals surface area contributed by atoms with Gasteiger partial charge in [-0.1, -0.05) is 0 Å². The number of nitrogens with one attached hydrogen (secondary N) is 2. The van der Waals surface area contributed by atoms with Crippen molar-refractivity contribution in [3.8, 4) is 0 Å². The summed E-state index contributed by atoms with van der Waals surface area (Å²) in [6.07, 6.45) is 2.49. The lowest BCUT2D eigenvalue weighted by molar-refractivity contribution is -0.132. The van der Waals surface area contributed by atoms with Gasteiger partial charge in [-0.05, 0) is 12.5 Å². The molecule has 0 spiro atoms. The topological polar surface area (TPSA) is 82.3 Å². The summed E-state index contributed by atoms with van der Waals surface area (Å²) < 4.78 is 0. The predicted octanol–water partition coefficient (Wildman–Crippen LogP) is -0.275. The zero-order valence-electron chi connectivity index (χ0n) is 10.1. The molecule has 2 amide bonds. The van der Waals surface area contributed by atoms with Gasteiger partial charge in [-0.15, -0.1) is 0 Å². The number of pyridine rings is 1. The molecule has 0 saturated carbocycles. The van der Waals surface area contributed by atoms with E-state index in [-0.39, 0.29) is 23.4 Å². The van der Waals surface area contributed by atoms with Crippen LogP contribution in [-0.4, -0.2) is 41.3 Å². The lowest BCUT2D eigenvalue weighted by Gasteiger charge is -2.30. The Morgan fingerprint density at radius 1 is 1.44 bits per heavy atom. The van der Waals surface area contributed by atoms with Gasteiger partial charge >= 0.3 is 0 Å². The molecule has 2 N–H and O–H groups in total. The first-order chi connectivity index (χ1) is 8.56. The van der Waals surface area contributed by atoms with Gasteiger partial charge in [0.2, 0.25) is 11.5 Å². The largest absolute Gasteiger partial charge is 0.347 e. The number of nitrogens with zero attached hydrogens (tertiary/aromatic N) is 1. The summed E-state index contributed by atoms with van der Waals surface area (Å²) in [5.74, 6) is -0.136. The maximum Gasteiger partial charge on any atom is 0.253 e. The number of piperidine rings is 1. The summed E-state index contributed by atoms with van der Waals surface area (Å²) in [7, 11) is 1.72. The van der Waals surface area contributed by atoms with Gasteiger partial charge in [-0.25, -0.2) is 0 Å². The van der Waals surface area contributed by atoms with E-state index in [2.05, 4.69) is 10.3 Å². The number of aromatic nitrogens is 1. The van der Waals surface area contributed by atoms with E-state index in [9.17, 15) is 14.4 Å². The van der Waals surface area contributed by atoms with Gasteiger partial charge in [0, 0.05) is 38.3 Å². The smallest absolute Gasteiger partial charge is 0.253 e. The first-order valence-electron chi connectivity index (χ1n) is 5.80. The minimum atomic E-state index is -0.241. The van der Waals surface area contributed by atoms with E-state index in [1.165, 1.54) is 18.3 Å². The number of amides is 2. The summed E-state index contributed by atoms with van der Waals surface area (Å²) in [4.78, 5) is 38.1. The molecular formula is C12H15N3O3. The minimum Gasteiger partial charge on any atom is -0.347 e. The van der Waals surface area contributed by atoms with Crippen LogP contribution in [0.5, 0.6) is 0 Å². The number of rotatable bonds is 2. The second kappa shape index (κ2) is 5.03. The van der Waals surface area contributed by atoms with Gasteiger partial charge in [-0.3, -0.25) is 14.4 Å². The summed E-state index contributed by atoms with van der Waals surface area (Å²) in [5.41, 5.74) is 0.170. The fraction of sp³-hybridized carbons (Fsp3) is 0.417. The molecule has 1 aromatic rings. The molecule has 0 bridgehead atoms. The molecule has 1 atom stereocenters. The third kappa shape index (κ3) is 2.77. The Morgan fingerprint density at radius 2 is 2.22 bits per heavy atom. The summed E-state index contributed by atoms with van der Waals surface area (Å²) in [6, 6.07) is 2.75. The second-order valence-electron chi connectivity index (χ2n) is 4.42. The molecule has 1 saturated heterocycles. The van der Waals surface area contributed by atoms with Gasteiger partial charge in [0.05, 0.1) is 5.56 Å². The summed E-state index contributed by atoms with van der Waals surface area (Å²) in [6.45, 7) is 0.522. The monoisotopic (exact) mass is 249 g/mol. The number of hydrogen-bond donors (Lipinski definition) is 2. The number of likely N-dealkylation sites (tertiary alicyclic amines) is 1. The molecule has 0 radical (unpaired) electrons. The van der Waals surface area contributed by atoms with Crippen molar-refractivity contribution in [3.63, 3.8) is 0 Å². The number of H-pyrrole nitrogens is 1. The van der Waals surface area contributed by atoms with Crippen molar-refractivity contribution in [1.29, 1.82) is 0 Å². The zero-order chi connectivity index (χ0) is 13.1. The van der Waals surface area contributed by atoms with Crippen LogP contribution in [0.2, 0.25) is 0 Å². The standard InChI is InChI=1S/C12H15N3O3/c1-15-7-9(3-5-11(15)17)14-12(18)8-2-4-10(16)13-6-8/h2,4,6,9H,3,5,7H2,1H3,(H,13,16)(H,14,18). The maximum atomic E-state index is 11.9. The fourth-order valence-electron chi connectivity index (χ4n) is 1.95. The molecule has 0 aliphatic carbocycles. The highest BCUT2D eigenvalue weighted by molar-refractivity contribution is 5.94.